The number of benzene rings is 1. The van der Waals surface area contributed by atoms with E-state index in [-0.39, 0.29) is 41.7 Å². The number of fused-ring (bicyclic) bond motifs is 3. The minimum Gasteiger partial charge on any atom is -0.333 e. The van der Waals surface area contributed by atoms with Crippen LogP contribution < -0.4 is 4.90 Å². The van der Waals surface area contributed by atoms with Crippen molar-refractivity contribution in [3.63, 3.8) is 0 Å². The summed E-state index contributed by atoms with van der Waals surface area (Å²) in [6.45, 7) is 4.81. The lowest BCUT2D eigenvalue weighted by Gasteiger charge is -2.34. The number of pyridine rings is 2. The molecule has 2 aliphatic heterocycles. The number of aromatic nitrogens is 2. The summed E-state index contributed by atoms with van der Waals surface area (Å²) in [7, 11) is 0. The molecule has 1 aromatic carbocycles. The first-order valence-electron chi connectivity index (χ1n) is 13.5. The molecule has 40 heavy (non-hydrogen) atoms. The van der Waals surface area contributed by atoms with Gasteiger partial charge in [0.1, 0.15) is 5.69 Å². The highest BCUT2D eigenvalue weighted by Gasteiger charge is 2.38. The van der Waals surface area contributed by atoms with E-state index in [0.717, 1.165) is 42.1 Å². The molecule has 4 heterocycles. The van der Waals surface area contributed by atoms with Gasteiger partial charge in [0.05, 0.1) is 11.3 Å². The molecule has 1 saturated heterocycles. The number of rotatable bonds is 3. The largest absolute Gasteiger partial charge is 0.433 e. The van der Waals surface area contributed by atoms with Gasteiger partial charge in [0, 0.05) is 63.3 Å². The number of amides is 2. The van der Waals surface area contributed by atoms with Gasteiger partial charge in [-0.3, -0.25) is 19.5 Å². The molecule has 0 unspecified atom stereocenters. The minimum atomic E-state index is -4.59. The van der Waals surface area contributed by atoms with Crippen LogP contribution in [-0.2, 0) is 24.1 Å². The monoisotopic (exact) mass is 551 g/mol. The maximum absolute atomic E-state index is 14.0. The fourth-order valence-electron chi connectivity index (χ4n) is 5.91. The van der Waals surface area contributed by atoms with Crippen molar-refractivity contribution in [3.8, 4) is 0 Å². The van der Waals surface area contributed by atoms with Crippen LogP contribution in [0.25, 0.3) is 0 Å². The Balaban J connectivity index is 1.55. The zero-order valence-corrected chi connectivity index (χ0v) is 22.6. The van der Waals surface area contributed by atoms with Crippen LogP contribution in [0.3, 0.4) is 0 Å². The van der Waals surface area contributed by atoms with Crippen LogP contribution >= 0.6 is 0 Å². The van der Waals surface area contributed by atoms with Crippen molar-refractivity contribution in [2.45, 2.75) is 64.5 Å². The van der Waals surface area contributed by atoms with Crippen LogP contribution in [0.1, 0.15) is 59.1 Å². The first-order chi connectivity index (χ1) is 19.1. The smallest absolute Gasteiger partial charge is 0.333 e. The quantitative estimate of drug-likeness (QED) is 0.446. The fraction of sp³-hybridized carbons (Fsp3) is 0.400. The second-order valence-corrected chi connectivity index (χ2v) is 10.5. The molecule has 0 N–H and O–H groups in total. The van der Waals surface area contributed by atoms with Gasteiger partial charge in [-0.1, -0.05) is 18.2 Å². The highest BCUT2D eigenvalue weighted by atomic mass is 19.4. The Kier molecular flexibility index (Phi) is 7.89. The summed E-state index contributed by atoms with van der Waals surface area (Å²) < 4.78 is 39.8. The Morgan fingerprint density at radius 3 is 2.40 bits per heavy atom. The van der Waals surface area contributed by atoms with E-state index >= 15 is 0 Å². The summed E-state index contributed by atoms with van der Waals surface area (Å²) in [5.41, 5.74) is 1.80. The number of para-hydroxylation sites is 1. The number of aryl methyl sites for hydroxylation is 1. The van der Waals surface area contributed by atoms with Crippen LogP contribution in [0.4, 0.5) is 18.9 Å². The summed E-state index contributed by atoms with van der Waals surface area (Å²) in [6.07, 6.45) is 1.49. The molecule has 7 nitrogen and oxygen atoms in total. The van der Waals surface area contributed by atoms with E-state index in [1.807, 2.05) is 36.4 Å². The van der Waals surface area contributed by atoms with E-state index < -0.39 is 11.9 Å². The lowest BCUT2D eigenvalue weighted by Crippen LogP contribution is -2.45. The molecule has 5 rings (SSSR count). The van der Waals surface area contributed by atoms with Crippen LogP contribution in [0.2, 0.25) is 0 Å². The number of carbonyl (C=O) groups excluding carboxylic acids is 2. The number of hydrogen-bond donors (Lipinski definition) is 0. The van der Waals surface area contributed by atoms with Gasteiger partial charge in [0.2, 0.25) is 5.91 Å². The second-order valence-electron chi connectivity index (χ2n) is 10.5. The maximum Gasteiger partial charge on any atom is 0.433 e. The zero-order chi connectivity index (χ0) is 28.4. The van der Waals surface area contributed by atoms with Gasteiger partial charge in [-0.2, -0.15) is 13.2 Å². The number of halogens is 3. The molecule has 0 saturated carbocycles. The summed E-state index contributed by atoms with van der Waals surface area (Å²) in [4.78, 5) is 40.5. The fourth-order valence-corrected chi connectivity index (χ4v) is 5.91. The number of nitrogens with zero attached hydrogens (tertiary/aromatic N) is 5. The van der Waals surface area contributed by atoms with Crippen molar-refractivity contribution in [3.05, 3.63) is 89.0 Å². The second kappa shape index (κ2) is 11.4. The molecule has 1 fully saturated rings. The van der Waals surface area contributed by atoms with Crippen LogP contribution in [-0.4, -0.2) is 56.8 Å². The first-order valence-corrected chi connectivity index (χ1v) is 13.5. The Hall–Kier alpha value is -3.79. The normalized spacial score (nSPS) is 20.1. The van der Waals surface area contributed by atoms with Crippen molar-refractivity contribution < 1.29 is 22.8 Å². The highest BCUT2D eigenvalue weighted by Crippen LogP contribution is 2.33. The predicted molar refractivity (Wildman–Crippen MR) is 144 cm³/mol. The van der Waals surface area contributed by atoms with Crippen molar-refractivity contribution in [2.24, 2.45) is 0 Å². The molecule has 2 aromatic heterocycles. The van der Waals surface area contributed by atoms with Gasteiger partial charge in [-0.05, 0) is 67.6 Å². The summed E-state index contributed by atoms with van der Waals surface area (Å²) in [6, 6.07) is 13.8. The highest BCUT2D eigenvalue weighted by molar-refractivity contribution is 5.96. The molecular weight excluding hydrogens is 519 g/mol. The molecule has 0 spiro atoms. The lowest BCUT2D eigenvalue weighted by molar-refractivity contribution is -0.141. The van der Waals surface area contributed by atoms with Crippen molar-refractivity contribution in [1.29, 1.82) is 0 Å². The third kappa shape index (κ3) is 5.86. The summed E-state index contributed by atoms with van der Waals surface area (Å²) >= 11 is 0. The zero-order valence-electron chi connectivity index (χ0n) is 22.6. The Labute approximate surface area is 231 Å². The predicted octanol–water partition coefficient (Wildman–Crippen LogP) is 5.24. The number of alkyl halides is 3. The molecule has 0 aliphatic carbocycles. The molecule has 2 amide bonds. The Bertz CT molecular complexity index is 1380. The maximum atomic E-state index is 14.0. The third-order valence-corrected chi connectivity index (χ3v) is 7.92. The molecule has 10 heteroatoms. The van der Waals surface area contributed by atoms with Crippen LogP contribution in [0, 0.1) is 6.92 Å². The third-order valence-electron chi connectivity index (χ3n) is 7.92. The Morgan fingerprint density at radius 2 is 1.70 bits per heavy atom. The SMILES string of the molecule is CC(=O)N1CC[C@H]2CC[C@@H](CN(C(=O)c3ccc(C(F)(F)F)nc3C)Cc3ccccc31)N2Cc1ccncc1. The van der Waals surface area contributed by atoms with E-state index in [1.165, 1.54) is 13.0 Å². The van der Waals surface area contributed by atoms with E-state index in [1.54, 1.807) is 29.1 Å². The summed E-state index contributed by atoms with van der Waals surface area (Å²) in [5, 5.41) is 0. The van der Waals surface area contributed by atoms with Crippen molar-refractivity contribution in [2.75, 3.05) is 18.0 Å². The van der Waals surface area contributed by atoms with E-state index in [0.29, 0.717) is 19.6 Å². The standard InChI is InChI=1S/C30H32F3N5O2/c1-20-26(9-10-28(35-20)30(31,32)33)29(40)36-18-23-5-3-4-6-27(23)37(21(2)39)16-13-24-7-8-25(19-36)38(24)17-22-11-14-34-15-12-22/h3-6,9-12,14-15,24-25H,7-8,13,16-19H2,1-2H3/t24-,25+/m1/s1. The molecular formula is C30H32F3N5O2. The van der Waals surface area contributed by atoms with Gasteiger partial charge in [0.15, 0.2) is 0 Å². The van der Waals surface area contributed by atoms with Gasteiger partial charge in [-0.25, -0.2) is 4.98 Å². The van der Waals surface area contributed by atoms with Gasteiger partial charge < -0.3 is 9.80 Å². The molecule has 3 aromatic rings. The molecule has 210 valence electrons. The van der Waals surface area contributed by atoms with Crippen LogP contribution in [0.5, 0.6) is 0 Å². The van der Waals surface area contributed by atoms with E-state index in [4.69, 9.17) is 0 Å². The van der Waals surface area contributed by atoms with Gasteiger partial charge in [-0.15, -0.1) is 0 Å². The number of carbonyl (C=O) groups is 2. The topological polar surface area (TPSA) is 69.6 Å². The molecule has 2 aliphatic rings. The Morgan fingerprint density at radius 1 is 0.975 bits per heavy atom. The number of hydrogen-bond acceptors (Lipinski definition) is 5. The van der Waals surface area contributed by atoms with E-state index in [2.05, 4.69) is 14.9 Å². The van der Waals surface area contributed by atoms with Gasteiger partial charge >= 0.3 is 6.18 Å². The minimum absolute atomic E-state index is 0.0331. The molecule has 0 radical (unpaired) electrons. The lowest BCUT2D eigenvalue weighted by atomic mass is 10.1. The average Bonchev–Trinajstić information content (AvgIpc) is 3.27. The number of anilines is 1. The van der Waals surface area contributed by atoms with Crippen LogP contribution in [0.15, 0.2) is 60.9 Å². The summed E-state index contributed by atoms with van der Waals surface area (Å²) in [5.74, 6) is -0.461. The molecule has 2 bridgehead atoms. The average molecular weight is 552 g/mol. The molecule has 2 atom stereocenters. The first kappa shape index (κ1) is 27.8. The van der Waals surface area contributed by atoms with Crippen molar-refractivity contribution in [1.82, 2.24) is 19.8 Å². The van der Waals surface area contributed by atoms with Crippen molar-refractivity contribution >= 4 is 17.5 Å². The van der Waals surface area contributed by atoms with Gasteiger partial charge in [0.25, 0.3) is 5.91 Å². The van der Waals surface area contributed by atoms with E-state index in [9.17, 15) is 22.8 Å².